The Balaban J connectivity index is 1.79. The topological polar surface area (TPSA) is 32.8 Å². The summed E-state index contributed by atoms with van der Waals surface area (Å²) in [4.78, 5) is 16.8. The number of rotatable bonds is 7. The van der Waals surface area contributed by atoms with E-state index in [1.165, 1.54) is 19.4 Å². The van der Waals surface area contributed by atoms with Gasteiger partial charge >= 0.3 is 0 Å². The Morgan fingerprint density at radius 3 is 2.80 bits per heavy atom. The van der Waals surface area contributed by atoms with Gasteiger partial charge in [0.05, 0.1) is 18.0 Å². The number of carbonyl (C=O) groups is 1. The maximum absolute atomic E-state index is 12.4. The van der Waals surface area contributed by atoms with Crippen molar-refractivity contribution in [2.45, 2.75) is 37.5 Å². The smallest absolute Gasteiger partial charge is 0.235 e. The van der Waals surface area contributed by atoms with Gasteiger partial charge in [-0.05, 0) is 38.5 Å². The van der Waals surface area contributed by atoms with Crippen LogP contribution in [-0.2, 0) is 9.53 Å². The molecule has 0 radical (unpaired) electrons. The molecular weight excluding hydrogens is 272 g/mol. The first-order chi connectivity index (χ1) is 9.63. The van der Waals surface area contributed by atoms with Crippen molar-refractivity contribution in [1.82, 2.24) is 9.80 Å². The molecule has 116 valence electrons. The first-order valence-electron chi connectivity index (χ1n) is 7.75. The van der Waals surface area contributed by atoms with E-state index in [-0.39, 0.29) is 17.3 Å². The molecule has 2 atom stereocenters. The lowest BCUT2D eigenvalue weighted by molar-refractivity contribution is -0.138. The second kappa shape index (κ2) is 7.66. The molecule has 0 N–H and O–H groups in total. The molecule has 1 saturated heterocycles. The summed E-state index contributed by atoms with van der Waals surface area (Å²) < 4.78 is 5.84. The minimum Gasteiger partial charge on any atom is -0.373 e. The first-order valence-corrected chi connectivity index (χ1v) is 9.04. The van der Waals surface area contributed by atoms with E-state index in [0.29, 0.717) is 6.61 Å². The van der Waals surface area contributed by atoms with Crippen molar-refractivity contribution in [2.24, 2.45) is 5.92 Å². The number of hydrogen-bond acceptors (Lipinski definition) is 4. The van der Waals surface area contributed by atoms with Crippen molar-refractivity contribution >= 4 is 17.7 Å². The summed E-state index contributed by atoms with van der Waals surface area (Å²) in [5, 5.41) is 0.109. The molecule has 2 unspecified atom stereocenters. The molecule has 0 bridgehead atoms. The zero-order chi connectivity index (χ0) is 14.5. The van der Waals surface area contributed by atoms with Crippen molar-refractivity contribution in [3.05, 3.63) is 0 Å². The second-order valence-electron chi connectivity index (χ2n) is 6.07. The molecule has 20 heavy (non-hydrogen) atoms. The largest absolute Gasteiger partial charge is 0.373 e. The highest BCUT2D eigenvalue weighted by Gasteiger charge is 2.30. The van der Waals surface area contributed by atoms with Crippen molar-refractivity contribution in [3.8, 4) is 0 Å². The molecule has 1 aliphatic carbocycles. The van der Waals surface area contributed by atoms with Crippen LogP contribution in [0.1, 0.15) is 26.2 Å². The van der Waals surface area contributed by atoms with Crippen LogP contribution in [0.25, 0.3) is 0 Å². The zero-order valence-corrected chi connectivity index (χ0v) is 13.8. The fraction of sp³-hybridized carbons (Fsp3) is 0.933. The molecule has 5 heteroatoms. The molecule has 0 aromatic heterocycles. The molecule has 1 saturated carbocycles. The number of nitrogens with zero attached hydrogens (tertiary/aromatic N) is 2. The van der Waals surface area contributed by atoms with Gasteiger partial charge in [0.1, 0.15) is 0 Å². The molecule has 1 heterocycles. The quantitative estimate of drug-likeness (QED) is 0.716. The van der Waals surface area contributed by atoms with Crippen LogP contribution in [0.15, 0.2) is 0 Å². The van der Waals surface area contributed by atoms with E-state index in [2.05, 4.69) is 18.9 Å². The minimum atomic E-state index is 0.109. The highest BCUT2D eigenvalue weighted by molar-refractivity contribution is 7.99. The lowest BCUT2D eigenvalue weighted by Gasteiger charge is -2.36. The number of ether oxygens (including phenoxy) is 1. The summed E-state index contributed by atoms with van der Waals surface area (Å²) in [6.07, 6.45) is 5.87. The number of thioether (sulfide) groups is 1. The second-order valence-corrected chi connectivity index (χ2v) is 7.11. The molecule has 0 aromatic rings. The minimum absolute atomic E-state index is 0.109. The Hall–Kier alpha value is -0.260. The van der Waals surface area contributed by atoms with Gasteiger partial charge in [0, 0.05) is 26.2 Å². The summed E-state index contributed by atoms with van der Waals surface area (Å²) >= 11 is 1.66. The van der Waals surface area contributed by atoms with Gasteiger partial charge < -0.3 is 14.5 Å². The van der Waals surface area contributed by atoms with Gasteiger partial charge in [-0.3, -0.25) is 4.79 Å². The van der Waals surface area contributed by atoms with Gasteiger partial charge in [-0.2, -0.15) is 11.8 Å². The number of morpholine rings is 1. The number of amides is 1. The van der Waals surface area contributed by atoms with Crippen molar-refractivity contribution in [2.75, 3.05) is 46.1 Å². The Morgan fingerprint density at radius 2 is 2.20 bits per heavy atom. The van der Waals surface area contributed by atoms with Crippen LogP contribution in [0.5, 0.6) is 0 Å². The molecular formula is C15H28N2O2S. The summed E-state index contributed by atoms with van der Waals surface area (Å²) in [5.41, 5.74) is 0. The molecule has 2 fully saturated rings. The van der Waals surface area contributed by atoms with Crippen molar-refractivity contribution in [3.63, 3.8) is 0 Å². The van der Waals surface area contributed by atoms with Gasteiger partial charge in [-0.25, -0.2) is 0 Å². The SMILES string of the molecule is CCC(SC)C(=O)N1CCOC(CN(C)CC2CC2)C1. The third-order valence-corrected chi connectivity index (χ3v) is 5.27. The van der Waals surface area contributed by atoms with Crippen LogP contribution in [0.2, 0.25) is 0 Å². The van der Waals surface area contributed by atoms with E-state index in [1.807, 2.05) is 11.2 Å². The van der Waals surface area contributed by atoms with Crippen molar-refractivity contribution < 1.29 is 9.53 Å². The van der Waals surface area contributed by atoms with E-state index >= 15 is 0 Å². The molecule has 4 nitrogen and oxygen atoms in total. The molecule has 0 spiro atoms. The third kappa shape index (κ3) is 4.64. The predicted molar refractivity (Wildman–Crippen MR) is 84.1 cm³/mol. The van der Waals surface area contributed by atoms with Crippen LogP contribution in [0.3, 0.4) is 0 Å². The van der Waals surface area contributed by atoms with E-state index in [9.17, 15) is 4.79 Å². The average Bonchev–Trinajstić information content (AvgIpc) is 3.24. The van der Waals surface area contributed by atoms with Crippen LogP contribution >= 0.6 is 11.8 Å². The molecule has 2 aliphatic rings. The molecule has 1 amide bonds. The fourth-order valence-electron chi connectivity index (χ4n) is 2.84. The lowest BCUT2D eigenvalue weighted by Crippen LogP contribution is -2.51. The van der Waals surface area contributed by atoms with Crippen LogP contribution < -0.4 is 0 Å². The molecule has 0 aromatic carbocycles. The first kappa shape index (κ1) is 16.1. The van der Waals surface area contributed by atoms with Crippen LogP contribution in [0, 0.1) is 5.92 Å². The monoisotopic (exact) mass is 300 g/mol. The average molecular weight is 300 g/mol. The Morgan fingerprint density at radius 1 is 1.45 bits per heavy atom. The standard InChI is InChI=1S/C15H28N2O2S/c1-4-14(20-3)15(18)17-7-8-19-13(11-17)10-16(2)9-12-5-6-12/h12-14H,4-11H2,1-3H3. The summed E-state index contributed by atoms with van der Waals surface area (Å²) in [6, 6.07) is 0. The van der Waals surface area contributed by atoms with Crippen LogP contribution in [0.4, 0.5) is 0 Å². The summed E-state index contributed by atoms with van der Waals surface area (Å²) in [7, 11) is 2.17. The van der Waals surface area contributed by atoms with E-state index in [0.717, 1.165) is 32.0 Å². The number of hydrogen-bond donors (Lipinski definition) is 0. The summed E-state index contributed by atoms with van der Waals surface area (Å²) in [6.45, 7) is 6.38. The number of carbonyl (C=O) groups excluding carboxylic acids is 1. The molecule has 1 aliphatic heterocycles. The summed E-state index contributed by atoms with van der Waals surface area (Å²) in [5.74, 6) is 1.19. The van der Waals surface area contributed by atoms with E-state index < -0.39 is 0 Å². The predicted octanol–water partition coefficient (Wildman–Crippen LogP) is 1.70. The van der Waals surface area contributed by atoms with Gasteiger partial charge in [0.2, 0.25) is 5.91 Å². The van der Waals surface area contributed by atoms with Gasteiger partial charge in [-0.15, -0.1) is 0 Å². The Bertz CT molecular complexity index is 319. The zero-order valence-electron chi connectivity index (χ0n) is 13.0. The van der Waals surface area contributed by atoms with E-state index in [1.54, 1.807) is 11.8 Å². The van der Waals surface area contributed by atoms with E-state index in [4.69, 9.17) is 4.74 Å². The Labute approximate surface area is 127 Å². The van der Waals surface area contributed by atoms with Crippen LogP contribution in [-0.4, -0.2) is 73.2 Å². The normalized spacial score (nSPS) is 25.0. The Kier molecular flexibility index (Phi) is 6.18. The number of likely N-dealkylation sites (N-methyl/N-ethyl adjacent to an activating group) is 1. The van der Waals surface area contributed by atoms with Gasteiger partial charge in [-0.1, -0.05) is 6.92 Å². The maximum atomic E-state index is 12.4. The molecule has 2 rings (SSSR count). The van der Waals surface area contributed by atoms with Crippen molar-refractivity contribution in [1.29, 1.82) is 0 Å². The fourth-order valence-corrected chi connectivity index (χ4v) is 3.52. The third-order valence-electron chi connectivity index (χ3n) is 4.16. The van der Waals surface area contributed by atoms with Gasteiger partial charge in [0.25, 0.3) is 0 Å². The lowest BCUT2D eigenvalue weighted by atomic mass is 10.2. The van der Waals surface area contributed by atoms with Gasteiger partial charge in [0.15, 0.2) is 0 Å². The highest BCUT2D eigenvalue weighted by atomic mass is 32.2. The maximum Gasteiger partial charge on any atom is 0.235 e. The highest BCUT2D eigenvalue weighted by Crippen LogP contribution is 2.29.